The van der Waals surface area contributed by atoms with Crippen molar-refractivity contribution in [2.45, 2.75) is 32.7 Å². The van der Waals surface area contributed by atoms with Gasteiger partial charge >= 0.3 is 0 Å². The zero-order valence-electron chi connectivity index (χ0n) is 16.7. The van der Waals surface area contributed by atoms with Crippen molar-refractivity contribution in [3.63, 3.8) is 0 Å². The molecule has 2 heterocycles. The number of hydrogen-bond donors (Lipinski definition) is 0. The molecule has 1 aromatic heterocycles. The minimum Gasteiger partial charge on any atom is -0.497 e. The van der Waals surface area contributed by atoms with Crippen LogP contribution in [0.5, 0.6) is 5.75 Å². The van der Waals surface area contributed by atoms with Crippen LogP contribution in [0, 0.1) is 6.92 Å². The third kappa shape index (κ3) is 4.16. The molecule has 0 atom stereocenters. The monoisotopic (exact) mass is 373 g/mol. The Morgan fingerprint density at radius 1 is 1.04 bits per heavy atom. The predicted molar refractivity (Wildman–Crippen MR) is 117 cm³/mol. The third-order valence-corrected chi connectivity index (χ3v) is 5.31. The molecule has 144 valence electrons. The van der Waals surface area contributed by atoms with Crippen LogP contribution in [0.15, 0.2) is 53.5 Å². The maximum absolute atomic E-state index is 5.38. The highest BCUT2D eigenvalue weighted by molar-refractivity contribution is 5.94. The maximum Gasteiger partial charge on any atom is 0.138 e. The lowest BCUT2D eigenvalue weighted by atomic mass is 10.1. The van der Waals surface area contributed by atoms with Gasteiger partial charge in [-0.1, -0.05) is 29.8 Å². The van der Waals surface area contributed by atoms with Crippen molar-refractivity contribution in [2.75, 3.05) is 25.1 Å². The minimum atomic E-state index is 0.681. The second-order valence-corrected chi connectivity index (χ2v) is 7.46. The molecule has 4 nitrogen and oxygen atoms in total. The van der Waals surface area contributed by atoms with Crippen LogP contribution in [0.3, 0.4) is 0 Å². The first-order chi connectivity index (χ1) is 13.7. The third-order valence-electron chi connectivity index (χ3n) is 5.31. The van der Waals surface area contributed by atoms with Gasteiger partial charge in [0.2, 0.25) is 0 Å². The normalized spacial score (nSPS) is 14.7. The quantitative estimate of drug-likeness (QED) is 0.580. The average molecular weight is 374 g/mol. The van der Waals surface area contributed by atoms with Gasteiger partial charge in [0.15, 0.2) is 0 Å². The SMILES string of the molecule is COc1ccc2cc(C=NCc3ccc(C)cc3)c(N3CCCCC3)nc2c1. The Morgan fingerprint density at radius 3 is 2.57 bits per heavy atom. The van der Waals surface area contributed by atoms with Gasteiger partial charge in [-0.3, -0.25) is 4.99 Å². The van der Waals surface area contributed by atoms with Crippen molar-refractivity contribution >= 4 is 22.9 Å². The van der Waals surface area contributed by atoms with E-state index in [0.717, 1.165) is 41.1 Å². The van der Waals surface area contributed by atoms with Crippen molar-refractivity contribution < 1.29 is 4.74 Å². The molecule has 1 saturated heterocycles. The molecule has 28 heavy (non-hydrogen) atoms. The molecule has 4 rings (SSSR count). The van der Waals surface area contributed by atoms with Crippen molar-refractivity contribution in [1.82, 2.24) is 4.98 Å². The van der Waals surface area contributed by atoms with Crippen LogP contribution in [0.1, 0.15) is 36.0 Å². The standard InChI is InChI=1S/C24H27N3O/c1-18-6-8-19(9-7-18)16-25-17-21-14-20-10-11-22(28-2)15-23(20)26-24(21)27-12-4-3-5-13-27/h6-11,14-15,17H,3-5,12-13,16H2,1-2H3. The summed E-state index contributed by atoms with van der Waals surface area (Å²) in [6.45, 7) is 4.90. The zero-order valence-corrected chi connectivity index (χ0v) is 16.7. The number of fused-ring (bicyclic) bond motifs is 1. The molecule has 1 aliphatic rings. The van der Waals surface area contributed by atoms with E-state index in [1.165, 1.54) is 30.4 Å². The molecule has 0 radical (unpaired) electrons. The van der Waals surface area contributed by atoms with Gasteiger partial charge in [0.05, 0.1) is 19.2 Å². The lowest BCUT2D eigenvalue weighted by Crippen LogP contribution is -2.31. The molecule has 0 saturated carbocycles. The number of aromatic nitrogens is 1. The molecular weight excluding hydrogens is 346 g/mol. The number of pyridine rings is 1. The highest BCUT2D eigenvalue weighted by Gasteiger charge is 2.16. The van der Waals surface area contributed by atoms with Crippen molar-refractivity contribution in [1.29, 1.82) is 0 Å². The van der Waals surface area contributed by atoms with Gasteiger partial charge in [0.1, 0.15) is 11.6 Å². The molecule has 0 N–H and O–H groups in total. The molecule has 3 aromatic rings. The van der Waals surface area contributed by atoms with Crippen LogP contribution in [0.2, 0.25) is 0 Å². The predicted octanol–water partition coefficient (Wildman–Crippen LogP) is 5.16. The number of aliphatic imine (C=N–C) groups is 1. The number of methoxy groups -OCH3 is 1. The van der Waals surface area contributed by atoms with E-state index in [4.69, 9.17) is 14.7 Å². The second kappa shape index (κ2) is 8.42. The molecule has 0 bridgehead atoms. The van der Waals surface area contributed by atoms with E-state index in [1.54, 1.807) is 7.11 Å². The highest BCUT2D eigenvalue weighted by Crippen LogP contribution is 2.27. The summed E-state index contributed by atoms with van der Waals surface area (Å²) in [5.74, 6) is 1.87. The summed E-state index contributed by atoms with van der Waals surface area (Å²) < 4.78 is 5.38. The summed E-state index contributed by atoms with van der Waals surface area (Å²) in [4.78, 5) is 12.1. The molecule has 1 aliphatic heterocycles. The molecule has 1 fully saturated rings. The van der Waals surface area contributed by atoms with Gasteiger partial charge in [-0.15, -0.1) is 0 Å². The summed E-state index contributed by atoms with van der Waals surface area (Å²) in [7, 11) is 1.69. The maximum atomic E-state index is 5.38. The first-order valence-electron chi connectivity index (χ1n) is 10.0. The summed E-state index contributed by atoms with van der Waals surface area (Å²) in [6, 6.07) is 16.8. The van der Waals surface area contributed by atoms with Crippen LogP contribution >= 0.6 is 0 Å². The first-order valence-corrected chi connectivity index (χ1v) is 10.0. The molecule has 2 aromatic carbocycles. The fourth-order valence-corrected chi connectivity index (χ4v) is 3.68. The largest absolute Gasteiger partial charge is 0.497 e. The lowest BCUT2D eigenvalue weighted by Gasteiger charge is -2.29. The van der Waals surface area contributed by atoms with Gasteiger partial charge in [-0.2, -0.15) is 0 Å². The highest BCUT2D eigenvalue weighted by atomic mass is 16.5. The van der Waals surface area contributed by atoms with Crippen molar-refractivity contribution in [3.8, 4) is 5.75 Å². The van der Waals surface area contributed by atoms with E-state index in [2.05, 4.69) is 48.2 Å². The summed E-state index contributed by atoms with van der Waals surface area (Å²) in [5.41, 5.74) is 4.55. The van der Waals surface area contributed by atoms with E-state index < -0.39 is 0 Å². The Bertz CT molecular complexity index is 973. The summed E-state index contributed by atoms with van der Waals surface area (Å²) in [5, 5.41) is 1.11. The minimum absolute atomic E-state index is 0.681. The number of ether oxygens (including phenoxy) is 1. The van der Waals surface area contributed by atoms with Gasteiger partial charge in [0, 0.05) is 36.3 Å². The van der Waals surface area contributed by atoms with Crippen LogP contribution in [-0.2, 0) is 6.54 Å². The fraction of sp³-hybridized carbons (Fsp3) is 0.333. The molecule has 0 amide bonds. The number of piperidine rings is 1. The topological polar surface area (TPSA) is 37.7 Å². The Morgan fingerprint density at radius 2 is 1.82 bits per heavy atom. The van der Waals surface area contributed by atoms with E-state index in [0.29, 0.717) is 6.54 Å². The van der Waals surface area contributed by atoms with Gasteiger partial charge in [-0.05, 0) is 49.9 Å². The van der Waals surface area contributed by atoms with E-state index in [9.17, 15) is 0 Å². The fourth-order valence-electron chi connectivity index (χ4n) is 3.68. The number of aryl methyl sites for hydroxylation is 1. The molecule has 0 spiro atoms. The van der Waals surface area contributed by atoms with E-state index >= 15 is 0 Å². The summed E-state index contributed by atoms with van der Waals surface area (Å²) >= 11 is 0. The van der Waals surface area contributed by atoms with E-state index in [-0.39, 0.29) is 0 Å². The number of nitrogens with zero attached hydrogens (tertiary/aromatic N) is 3. The Hall–Kier alpha value is -2.88. The Balaban J connectivity index is 1.67. The second-order valence-electron chi connectivity index (χ2n) is 7.46. The Kier molecular flexibility index (Phi) is 5.56. The lowest BCUT2D eigenvalue weighted by molar-refractivity contribution is 0.415. The first kappa shape index (κ1) is 18.5. The number of rotatable bonds is 5. The smallest absolute Gasteiger partial charge is 0.138 e. The van der Waals surface area contributed by atoms with Crippen LogP contribution < -0.4 is 9.64 Å². The van der Waals surface area contributed by atoms with Crippen LogP contribution in [0.4, 0.5) is 5.82 Å². The number of hydrogen-bond acceptors (Lipinski definition) is 4. The number of anilines is 1. The van der Waals surface area contributed by atoms with Gasteiger partial charge in [-0.25, -0.2) is 4.98 Å². The zero-order chi connectivity index (χ0) is 19.3. The average Bonchev–Trinajstić information content (AvgIpc) is 2.75. The van der Waals surface area contributed by atoms with Crippen LogP contribution in [-0.4, -0.2) is 31.4 Å². The molecular formula is C24H27N3O. The summed E-state index contributed by atoms with van der Waals surface area (Å²) in [6.07, 6.45) is 5.73. The van der Waals surface area contributed by atoms with Crippen molar-refractivity contribution in [2.24, 2.45) is 4.99 Å². The van der Waals surface area contributed by atoms with E-state index in [1.807, 2.05) is 18.3 Å². The molecule has 4 heteroatoms. The molecule has 0 unspecified atom stereocenters. The number of benzene rings is 2. The Labute approximate surface area is 166 Å². The molecule has 0 aliphatic carbocycles. The van der Waals surface area contributed by atoms with Gasteiger partial charge < -0.3 is 9.64 Å². The van der Waals surface area contributed by atoms with Crippen molar-refractivity contribution in [3.05, 3.63) is 65.2 Å². The van der Waals surface area contributed by atoms with Crippen LogP contribution in [0.25, 0.3) is 10.9 Å². The van der Waals surface area contributed by atoms with Gasteiger partial charge in [0.25, 0.3) is 0 Å².